The van der Waals surface area contributed by atoms with Gasteiger partial charge in [-0.3, -0.25) is 4.79 Å². The van der Waals surface area contributed by atoms with Crippen LogP contribution in [0.3, 0.4) is 0 Å². The van der Waals surface area contributed by atoms with Gasteiger partial charge < -0.3 is 20.1 Å². The Hall–Kier alpha value is -3.90. The number of thiazole rings is 1. The van der Waals surface area contributed by atoms with Crippen LogP contribution < -0.4 is 5.32 Å². The molecular weight excluding hydrogens is 438 g/mol. The zero-order valence-corrected chi connectivity index (χ0v) is 18.7. The second-order valence-corrected chi connectivity index (χ2v) is 9.34. The maximum atomic E-state index is 11.3. The van der Waals surface area contributed by atoms with Crippen molar-refractivity contribution in [2.24, 2.45) is 10.4 Å². The fourth-order valence-electron chi connectivity index (χ4n) is 3.62. The van der Waals surface area contributed by atoms with Gasteiger partial charge in [-0.25, -0.2) is 9.98 Å². The van der Waals surface area contributed by atoms with Crippen molar-refractivity contribution >= 4 is 49.9 Å². The highest BCUT2D eigenvalue weighted by Crippen LogP contribution is 2.46. The fourth-order valence-corrected chi connectivity index (χ4v) is 4.55. The van der Waals surface area contributed by atoms with Gasteiger partial charge in [-0.05, 0) is 54.3 Å². The van der Waals surface area contributed by atoms with Gasteiger partial charge in [0.05, 0.1) is 21.8 Å². The van der Waals surface area contributed by atoms with E-state index < -0.39 is 11.4 Å². The molecule has 0 saturated heterocycles. The number of anilines is 2. The number of ether oxygens (including phenoxy) is 1. The van der Waals surface area contributed by atoms with Crippen LogP contribution in [0.4, 0.5) is 10.8 Å². The number of hydrogen-bond donors (Lipinski definition) is 2. The molecular formula is C24H21N5O3S. The SMILES string of the molecule is CN1CC(c2ccc(Nc3nc4ccc(C#N)cc4s3)cc2)=CN=C1OCC1(C(=O)O)CC1. The summed E-state index contributed by atoms with van der Waals surface area (Å²) in [6, 6.07) is 16.1. The van der Waals surface area contributed by atoms with Gasteiger partial charge in [-0.2, -0.15) is 5.26 Å². The van der Waals surface area contributed by atoms with Gasteiger partial charge in [0.1, 0.15) is 12.0 Å². The van der Waals surface area contributed by atoms with E-state index in [9.17, 15) is 9.90 Å². The smallest absolute Gasteiger partial charge is 0.313 e. The Morgan fingerprint density at radius 2 is 2.09 bits per heavy atom. The number of carboxylic acids is 1. The molecule has 2 aliphatic rings. The van der Waals surface area contributed by atoms with Gasteiger partial charge in [0.15, 0.2) is 5.13 Å². The van der Waals surface area contributed by atoms with Gasteiger partial charge in [-0.1, -0.05) is 23.5 Å². The third kappa shape index (κ3) is 4.25. The predicted octanol–water partition coefficient (Wildman–Crippen LogP) is 4.44. The van der Waals surface area contributed by atoms with Crippen molar-refractivity contribution in [3.05, 3.63) is 59.8 Å². The summed E-state index contributed by atoms with van der Waals surface area (Å²) in [5.74, 6) is -0.802. The van der Waals surface area contributed by atoms with E-state index in [4.69, 9.17) is 10.00 Å². The quantitative estimate of drug-likeness (QED) is 0.561. The van der Waals surface area contributed by atoms with Crippen LogP contribution in [0.15, 0.2) is 53.7 Å². The summed E-state index contributed by atoms with van der Waals surface area (Å²) in [4.78, 5) is 22.2. The van der Waals surface area contributed by atoms with E-state index in [1.54, 1.807) is 12.3 Å². The number of fused-ring (bicyclic) bond motifs is 1. The number of rotatable bonds is 6. The van der Waals surface area contributed by atoms with Crippen LogP contribution in [0.5, 0.6) is 0 Å². The highest BCUT2D eigenvalue weighted by atomic mass is 32.1. The lowest BCUT2D eigenvalue weighted by Crippen LogP contribution is -2.35. The van der Waals surface area contributed by atoms with E-state index in [0.29, 0.717) is 31.0 Å². The second kappa shape index (κ2) is 8.22. The molecule has 1 saturated carbocycles. The number of aromatic nitrogens is 1. The van der Waals surface area contributed by atoms with Gasteiger partial charge >= 0.3 is 5.97 Å². The molecule has 2 N–H and O–H groups in total. The first-order valence-corrected chi connectivity index (χ1v) is 11.3. The lowest BCUT2D eigenvalue weighted by molar-refractivity contribution is -0.144. The van der Waals surface area contributed by atoms with Crippen molar-refractivity contribution in [2.45, 2.75) is 12.8 Å². The number of carbonyl (C=O) groups is 1. The number of nitriles is 1. The summed E-state index contributed by atoms with van der Waals surface area (Å²) < 4.78 is 6.68. The summed E-state index contributed by atoms with van der Waals surface area (Å²) in [5.41, 5.74) is 3.75. The Balaban J connectivity index is 1.25. The molecule has 33 heavy (non-hydrogen) atoms. The number of aliphatic imine (C=N–C) groups is 1. The van der Waals surface area contributed by atoms with Crippen LogP contribution in [0.2, 0.25) is 0 Å². The predicted molar refractivity (Wildman–Crippen MR) is 127 cm³/mol. The minimum absolute atomic E-state index is 0.151. The van der Waals surface area contributed by atoms with Crippen LogP contribution >= 0.6 is 11.3 Å². The van der Waals surface area contributed by atoms with Gasteiger partial charge in [0.2, 0.25) is 0 Å². The summed E-state index contributed by atoms with van der Waals surface area (Å²) >= 11 is 1.51. The van der Waals surface area contributed by atoms with Gasteiger partial charge in [0.25, 0.3) is 6.02 Å². The van der Waals surface area contributed by atoms with E-state index in [1.807, 2.05) is 48.3 Å². The molecule has 1 aromatic heterocycles. The van der Waals surface area contributed by atoms with E-state index in [0.717, 1.165) is 32.2 Å². The number of nitrogens with zero attached hydrogens (tertiary/aromatic N) is 4. The minimum atomic E-state index is -0.802. The van der Waals surface area contributed by atoms with E-state index in [1.165, 1.54) is 11.3 Å². The summed E-state index contributed by atoms with van der Waals surface area (Å²) in [7, 11) is 1.88. The molecule has 0 atom stereocenters. The van der Waals surface area contributed by atoms with Crippen LogP contribution in [-0.2, 0) is 9.53 Å². The van der Waals surface area contributed by atoms with Crippen molar-refractivity contribution in [1.82, 2.24) is 9.88 Å². The van der Waals surface area contributed by atoms with Crippen LogP contribution in [0.1, 0.15) is 24.0 Å². The first-order chi connectivity index (χ1) is 16.0. The number of carboxylic acid groups (broad SMARTS) is 1. The first-order valence-electron chi connectivity index (χ1n) is 10.5. The Labute approximate surface area is 194 Å². The Bertz CT molecular complexity index is 1330. The third-order valence-electron chi connectivity index (χ3n) is 5.87. The maximum Gasteiger partial charge on any atom is 0.313 e. The molecule has 2 heterocycles. The normalized spacial score (nSPS) is 16.5. The van der Waals surface area contributed by atoms with Crippen molar-refractivity contribution < 1.29 is 14.6 Å². The van der Waals surface area contributed by atoms with E-state index in [-0.39, 0.29) is 6.61 Å². The number of benzene rings is 2. The second-order valence-electron chi connectivity index (χ2n) is 8.31. The zero-order valence-electron chi connectivity index (χ0n) is 17.9. The Morgan fingerprint density at radius 3 is 2.76 bits per heavy atom. The largest absolute Gasteiger partial charge is 0.481 e. The molecule has 8 nitrogen and oxygen atoms in total. The number of likely N-dealkylation sites (N-methyl/N-ethyl adjacent to an activating group) is 1. The molecule has 0 radical (unpaired) electrons. The number of amidine groups is 1. The molecule has 1 fully saturated rings. The molecule has 166 valence electrons. The summed E-state index contributed by atoms with van der Waals surface area (Å²) in [6.45, 7) is 0.767. The minimum Gasteiger partial charge on any atom is -0.481 e. The zero-order chi connectivity index (χ0) is 23.0. The molecule has 0 bridgehead atoms. The van der Waals surface area contributed by atoms with Crippen LogP contribution in [-0.4, -0.2) is 47.2 Å². The van der Waals surface area contributed by atoms with Crippen LogP contribution in [0, 0.1) is 16.7 Å². The standard InChI is InChI=1S/C24H21N5O3S/c1-29-13-17(12-26-23(29)32-14-24(8-9-24)21(30)31)16-3-5-18(6-4-16)27-22-28-19-7-2-15(11-25)10-20(19)33-22/h2-7,10,12H,8-9,13-14H2,1H3,(H,27,28)(H,30,31). The molecule has 9 heteroatoms. The molecule has 0 amide bonds. The highest BCUT2D eigenvalue weighted by molar-refractivity contribution is 7.22. The number of aliphatic carboxylic acids is 1. The van der Waals surface area contributed by atoms with Gasteiger partial charge in [-0.15, -0.1) is 0 Å². The van der Waals surface area contributed by atoms with E-state index in [2.05, 4.69) is 21.4 Å². The molecule has 0 spiro atoms. The molecule has 2 aromatic carbocycles. The van der Waals surface area contributed by atoms with Crippen molar-refractivity contribution in [3.8, 4) is 6.07 Å². The average Bonchev–Trinajstić information content (AvgIpc) is 3.51. The van der Waals surface area contributed by atoms with Crippen LogP contribution in [0.25, 0.3) is 15.8 Å². The molecule has 5 rings (SSSR count). The average molecular weight is 460 g/mol. The first kappa shape index (κ1) is 21.0. The highest BCUT2D eigenvalue weighted by Gasteiger charge is 2.51. The fraction of sp³-hybridized carbons (Fsp3) is 0.250. The lowest BCUT2D eigenvalue weighted by atomic mass is 10.1. The van der Waals surface area contributed by atoms with Crippen molar-refractivity contribution in [2.75, 3.05) is 25.5 Å². The lowest BCUT2D eigenvalue weighted by Gasteiger charge is -2.26. The van der Waals surface area contributed by atoms with E-state index >= 15 is 0 Å². The number of hydrogen-bond acceptors (Lipinski definition) is 8. The Kier molecular flexibility index (Phi) is 5.23. The molecule has 0 unspecified atom stereocenters. The monoisotopic (exact) mass is 459 g/mol. The Morgan fingerprint density at radius 1 is 1.30 bits per heavy atom. The topological polar surface area (TPSA) is 111 Å². The molecule has 1 aliphatic carbocycles. The third-order valence-corrected chi connectivity index (χ3v) is 6.81. The van der Waals surface area contributed by atoms with Crippen molar-refractivity contribution in [3.63, 3.8) is 0 Å². The van der Waals surface area contributed by atoms with Crippen molar-refractivity contribution in [1.29, 1.82) is 5.26 Å². The molecule has 1 aliphatic heterocycles. The molecule has 3 aromatic rings. The van der Waals surface area contributed by atoms with Gasteiger partial charge in [0, 0.05) is 25.5 Å². The summed E-state index contributed by atoms with van der Waals surface area (Å²) in [5, 5.41) is 22.4. The maximum absolute atomic E-state index is 11.3. The number of nitrogens with one attached hydrogen (secondary N) is 1. The summed E-state index contributed by atoms with van der Waals surface area (Å²) in [6.07, 6.45) is 3.08.